The molecule has 0 aliphatic carbocycles. The first-order valence-corrected chi connectivity index (χ1v) is 6.77. The van der Waals surface area contributed by atoms with E-state index in [1.54, 1.807) is 12.4 Å². The highest BCUT2D eigenvalue weighted by molar-refractivity contribution is 6.27. The molecule has 0 radical (unpaired) electrons. The summed E-state index contributed by atoms with van der Waals surface area (Å²) in [6, 6.07) is 21.4. The highest BCUT2D eigenvalue weighted by Gasteiger charge is 2.36. The number of halogens is 1. The normalized spacial score (nSPS) is 11.2. The van der Waals surface area contributed by atoms with Crippen LogP contribution in [-0.2, 0) is 4.87 Å². The van der Waals surface area contributed by atoms with Crippen LogP contribution >= 0.6 is 11.6 Å². The van der Waals surface area contributed by atoms with Crippen LogP contribution in [0.5, 0.6) is 0 Å². The molecule has 0 unspecified atom stereocenters. The minimum Gasteiger partial charge on any atom is -0.259 e. The van der Waals surface area contributed by atoms with Crippen LogP contribution in [0.4, 0.5) is 0 Å². The first-order chi connectivity index (χ1) is 9.82. The molecule has 1 aromatic carbocycles. The topological polar surface area (TPSA) is 25.8 Å². The van der Waals surface area contributed by atoms with Crippen molar-refractivity contribution in [2.45, 2.75) is 4.87 Å². The van der Waals surface area contributed by atoms with E-state index in [2.05, 4.69) is 9.97 Å². The number of hydrogen-bond acceptors (Lipinski definition) is 2. The van der Waals surface area contributed by atoms with E-state index in [0.29, 0.717) is 0 Å². The maximum Gasteiger partial charge on any atom is 0.153 e. The van der Waals surface area contributed by atoms with Crippen LogP contribution in [0.2, 0.25) is 0 Å². The van der Waals surface area contributed by atoms with Gasteiger partial charge in [0.2, 0.25) is 0 Å². The Bertz CT molecular complexity index is 572. The van der Waals surface area contributed by atoms with Crippen LogP contribution in [0.15, 0.2) is 79.1 Å². The van der Waals surface area contributed by atoms with Crippen molar-refractivity contribution >= 4 is 11.6 Å². The summed E-state index contributed by atoms with van der Waals surface area (Å²) in [6.45, 7) is 0. The van der Waals surface area contributed by atoms with Crippen molar-refractivity contribution in [2.75, 3.05) is 0 Å². The number of pyridine rings is 2. The third-order valence-electron chi connectivity index (χ3n) is 3.21. The Balaban J connectivity index is 2.24. The zero-order chi connectivity index (χ0) is 13.8. The fraction of sp³-hybridized carbons (Fsp3) is 0.0588. The van der Waals surface area contributed by atoms with Crippen LogP contribution < -0.4 is 0 Å². The molecule has 3 aromatic rings. The van der Waals surface area contributed by atoms with Gasteiger partial charge in [0.15, 0.2) is 4.87 Å². The standard InChI is InChI=1S/C17H13ClN2/c18-17(14-8-2-1-3-9-14,15-10-4-6-12-19-15)16-11-5-7-13-20-16/h1-13H. The lowest BCUT2D eigenvalue weighted by molar-refractivity contribution is 0.797. The van der Waals surface area contributed by atoms with E-state index in [-0.39, 0.29) is 0 Å². The molecule has 0 aliphatic heterocycles. The van der Waals surface area contributed by atoms with Gasteiger partial charge in [-0.25, -0.2) is 0 Å². The van der Waals surface area contributed by atoms with Gasteiger partial charge in [-0.15, -0.1) is 11.6 Å². The lowest BCUT2D eigenvalue weighted by Gasteiger charge is -2.26. The summed E-state index contributed by atoms with van der Waals surface area (Å²) in [5.74, 6) is 0. The number of benzene rings is 1. The van der Waals surface area contributed by atoms with E-state index >= 15 is 0 Å². The van der Waals surface area contributed by atoms with Crippen LogP contribution in [0.1, 0.15) is 17.0 Å². The van der Waals surface area contributed by atoms with Gasteiger partial charge in [-0.3, -0.25) is 9.97 Å². The van der Waals surface area contributed by atoms with Crippen molar-refractivity contribution < 1.29 is 0 Å². The predicted octanol–water partition coefficient (Wildman–Crippen LogP) is 4.01. The fourth-order valence-corrected chi connectivity index (χ4v) is 2.58. The first kappa shape index (κ1) is 12.8. The zero-order valence-corrected chi connectivity index (χ0v) is 11.5. The highest BCUT2D eigenvalue weighted by atomic mass is 35.5. The molecule has 0 atom stereocenters. The van der Waals surface area contributed by atoms with E-state index in [1.165, 1.54) is 0 Å². The van der Waals surface area contributed by atoms with Gasteiger partial charge in [0, 0.05) is 12.4 Å². The molecule has 0 spiro atoms. The average Bonchev–Trinajstić information content (AvgIpc) is 2.56. The lowest BCUT2D eigenvalue weighted by atomic mass is 9.90. The van der Waals surface area contributed by atoms with Gasteiger partial charge in [-0.05, 0) is 29.8 Å². The quantitative estimate of drug-likeness (QED) is 0.678. The zero-order valence-electron chi connectivity index (χ0n) is 10.8. The van der Waals surface area contributed by atoms with Gasteiger partial charge in [0.25, 0.3) is 0 Å². The molecule has 0 saturated heterocycles. The molecule has 0 saturated carbocycles. The summed E-state index contributed by atoms with van der Waals surface area (Å²) in [5, 5.41) is 0. The van der Waals surface area contributed by atoms with Crippen molar-refractivity contribution in [1.29, 1.82) is 0 Å². The Hall–Kier alpha value is -2.19. The Kier molecular flexibility index (Phi) is 3.48. The van der Waals surface area contributed by atoms with Crippen LogP contribution in [0.3, 0.4) is 0 Å². The molecule has 0 fully saturated rings. The molecule has 3 heteroatoms. The fourth-order valence-electron chi connectivity index (χ4n) is 2.23. The first-order valence-electron chi connectivity index (χ1n) is 6.39. The SMILES string of the molecule is ClC(c1ccccc1)(c1ccccn1)c1ccccn1. The average molecular weight is 281 g/mol. The number of aromatic nitrogens is 2. The molecule has 0 bridgehead atoms. The second-order valence-corrected chi connectivity index (χ2v) is 5.02. The summed E-state index contributed by atoms with van der Waals surface area (Å²) in [4.78, 5) is 7.99. The van der Waals surface area contributed by atoms with Crippen molar-refractivity contribution in [3.63, 3.8) is 0 Å². The molecule has 20 heavy (non-hydrogen) atoms. The molecule has 0 amide bonds. The van der Waals surface area contributed by atoms with Gasteiger partial charge in [0.05, 0.1) is 11.4 Å². The van der Waals surface area contributed by atoms with Crippen molar-refractivity contribution in [3.8, 4) is 0 Å². The maximum atomic E-state index is 6.99. The van der Waals surface area contributed by atoms with E-state index in [4.69, 9.17) is 11.6 Å². The summed E-state index contributed by atoms with van der Waals surface area (Å²) >= 11 is 6.99. The minimum absolute atomic E-state index is 0.770. The Morgan fingerprint density at radius 2 is 1.15 bits per heavy atom. The van der Waals surface area contributed by atoms with Gasteiger partial charge < -0.3 is 0 Å². The number of hydrogen-bond donors (Lipinski definition) is 0. The molecular weight excluding hydrogens is 268 g/mol. The van der Waals surface area contributed by atoms with Gasteiger partial charge >= 0.3 is 0 Å². The largest absolute Gasteiger partial charge is 0.259 e. The second kappa shape index (κ2) is 5.43. The van der Waals surface area contributed by atoms with E-state index in [0.717, 1.165) is 17.0 Å². The van der Waals surface area contributed by atoms with Crippen LogP contribution in [-0.4, -0.2) is 9.97 Å². The van der Waals surface area contributed by atoms with Crippen molar-refractivity contribution in [3.05, 3.63) is 96.1 Å². The summed E-state index contributed by atoms with van der Waals surface area (Å²) in [7, 11) is 0. The third kappa shape index (κ3) is 2.19. The minimum atomic E-state index is -0.871. The van der Waals surface area contributed by atoms with Gasteiger partial charge in [-0.2, -0.15) is 0 Å². The maximum absolute atomic E-state index is 6.99. The lowest BCUT2D eigenvalue weighted by Crippen LogP contribution is -2.24. The number of nitrogens with zero attached hydrogens (tertiary/aromatic N) is 2. The van der Waals surface area contributed by atoms with E-state index < -0.39 is 4.87 Å². The summed E-state index contributed by atoms with van der Waals surface area (Å²) < 4.78 is 0. The number of rotatable bonds is 3. The van der Waals surface area contributed by atoms with Gasteiger partial charge in [-0.1, -0.05) is 42.5 Å². The molecule has 0 aliphatic rings. The molecule has 2 heterocycles. The second-order valence-electron chi connectivity index (χ2n) is 4.45. The molecule has 2 aromatic heterocycles. The Labute approximate surface area is 123 Å². The van der Waals surface area contributed by atoms with Crippen LogP contribution in [0.25, 0.3) is 0 Å². The third-order valence-corrected chi connectivity index (χ3v) is 3.81. The van der Waals surface area contributed by atoms with Crippen molar-refractivity contribution in [2.24, 2.45) is 0 Å². The monoisotopic (exact) mass is 280 g/mol. The smallest absolute Gasteiger partial charge is 0.153 e. The molecule has 3 rings (SSSR count). The predicted molar refractivity (Wildman–Crippen MR) is 80.7 cm³/mol. The highest BCUT2D eigenvalue weighted by Crippen LogP contribution is 2.40. The number of alkyl halides is 1. The molecular formula is C17H13ClN2. The summed E-state index contributed by atoms with van der Waals surface area (Å²) in [5.41, 5.74) is 2.50. The summed E-state index contributed by atoms with van der Waals surface area (Å²) in [6.07, 6.45) is 3.50. The van der Waals surface area contributed by atoms with E-state index in [1.807, 2.05) is 66.7 Å². The van der Waals surface area contributed by atoms with Crippen LogP contribution in [0, 0.1) is 0 Å². The van der Waals surface area contributed by atoms with E-state index in [9.17, 15) is 0 Å². The molecule has 0 N–H and O–H groups in total. The molecule has 98 valence electrons. The van der Waals surface area contributed by atoms with Gasteiger partial charge in [0.1, 0.15) is 0 Å². The Morgan fingerprint density at radius 1 is 0.650 bits per heavy atom. The molecule has 2 nitrogen and oxygen atoms in total. The van der Waals surface area contributed by atoms with Crippen molar-refractivity contribution in [1.82, 2.24) is 9.97 Å². The Morgan fingerprint density at radius 3 is 1.60 bits per heavy atom.